The SMILES string of the molecule is CC[C@H](C)[C@H](NC(=O)[C@@H](C)NC(=O)[C@H](CC(C)C)NC(=O)[C@H](C)NC(=O)[C@@H](N)C(C)C)C(=O)N[C@@H](CCSC)C(=O)N[C@@H](Cc1ccccc1)C(=O)O. The monoisotopic (exact) mass is 763 g/mol. The Bertz CT molecular complexity index is 1380. The molecule has 1 aromatic rings. The topological polar surface area (TPSA) is 238 Å². The van der Waals surface area contributed by atoms with Gasteiger partial charge in [0.15, 0.2) is 0 Å². The van der Waals surface area contributed by atoms with Crippen LogP contribution in [0.15, 0.2) is 30.3 Å². The van der Waals surface area contributed by atoms with E-state index in [0.29, 0.717) is 17.7 Å². The number of benzene rings is 1. The van der Waals surface area contributed by atoms with Gasteiger partial charge in [-0.3, -0.25) is 28.8 Å². The highest BCUT2D eigenvalue weighted by Crippen LogP contribution is 2.12. The van der Waals surface area contributed by atoms with Crippen molar-refractivity contribution in [2.24, 2.45) is 23.5 Å². The summed E-state index contributed by atoms with van der Waals surface area (Å²) in [6.07, 6.45) is 2.82. The van der Waals surface area contributed by atoms with Gasteiger partial charge in [-0.2, -0.15) is 11.8 Å². The maximum absolute atomic E-state index is 13.7. The van der Waals surface area contributed by atoms with Crippen molar-refractivity contribution in [3.63, 3.8) is 0 Å². The van der Waals surface area contributed by atoms with Crippen LogP contribution < -0.4 is 37.6 Å². The Morgan fingerprint density at radius 2 is 1.19 bits per heavy atom. The summed E-state index contributed by atoms with van der Waals surface area (Å²) < 4.78 is 0. The predicted molar refractivity (Wildman–Crippen MR) is 205 cm³/mol. The fourth-order valence-corrected chi connectivity index (χ4v) is 5.60. The first-order valence-electron chi connectivity index (χ1n) is 18.2. The Morgan fingerprint density at radius 3 is 1.70 bits per heavy atom. The molecule has 0 aromatic heterocycles. The number of nitrogens with two attached hydrogens (primary N) is 1. The Kier molecular flexibility index (Phi) is 20.7. The van der Waals surface area contributed by atoms with Gasteiger partial charge in [-0.15, -0.1) is 0 Å². The third kappa shape index (κ3) is 16.6. The molecule has 0 spiro atoms. The summed E-state index contributed by atoms with van der Waals surface area (Å²) >= 11 is 1.45. The van der Waals surface area contributed by atoms with Crippen LogP contribution in [-0.2, 0) is 40.0 Å². The fourth-order valence-electron chi connectivity index (χ4n) is 5.13. The van der Waals surface area contributed by atoms with Gasteiger partial charge in [-0.05, 0) is 62.0 Å². The lowest BCUT2D eigenvalue weighted by Gasteiger charge is -2.29. The predicted octanol–water partition coefficient (Wildman–Crippen LogP) is 1.09. The molecule has 0 fully saturated rings. The van der Waals surface area contributed by atoms with Gasteiger partial charge in [0.05, 0.1) is 6.04 Å². The van der Waals surface area contributed by atoms with E-state index >= 15 is 0 Å². The van der Waals surface area contributed by atoms with Crippen LogP contribution in [0, 0.1) is 17.8 Å². The lowest BCUT2D eigenvalue weighted by molar-refractivity contribution is -0.142. The average molecular weight is 764 g/mol. The Balaban J connectivity index is 3.06. The van der Waals surface area contributed by atoms with E-state index in [1.807, 2.05) is 27.0 Å². The van der Waals surface area contributed by atoms with Crippen LogP contribution in [0.25, 0.3) is 0 Å². The summed E-state index contributed by atoms with van der Waals surface area (Å²) in [5.41, 5.74) is 6.60. The molecule has 298 valence electrons. The average Bonchev–Trinajstić information content (AvgIpc) is 3.10. The number of carbonyl (C=O) groups excluding carboxylic acids is 6. The van der Waals surface area contributed by atoms with E-state index in [-0.39, 0.29) is 37.0 Å². The summed E-state index contributed by atoms with van der Waals surface area (Å²) in [7, 11) is 0. The van der Waals surface area contributed by atoms with Gasteiger partial charge in [0.1, 0.15) is 36.3 Å². The van der Waals surface area contributed by atoms with E-state index in [1.165, 1.54) is 25.6 Å². The molecule has 1 rings (SSSR count). The quantitative estimate of drug-likeness (QED) is 0.0790. The molecule has 0 aliphatic heterocycles. The molecule has 6 amide bonds. The fraction of sp³-hybridized carbons (Fsp3) is 0.649. The summed E-state index contributed by atoms with van der Waals surface area (Å²) in [4.78, 5) is 91.2. The van der Waals surface area contributed by atoms with E-state index in [9.17, 15) is 38.7 Å². The van der Waals surface area contributed by atoms with Gasteiger partial charge in [-0.1, -0.05) is 78.3 Å². The molecule has 8 atom stereocenters. The second kappa shape index (κ2) is 23.5. The van der Waals surface area contributed by atoms with E-state index in [1.54, 1.807) is 51.1 Å². The summed E-state index contributed by atoms with van der Waals surface area (Å²) in [6.45, 7) is 13.8. The lowest BCUT2D eigenvalue weighted by Crippen LogP contribution is -2.60. The van der Waals surface area contributed by atoms with Crippen LogP contribution >= 0.6 is 11.8 Å². The number of carbonyl (C=O) groups is 7. The molecule has 0 unspecified atom stereocenters. The third-order valence-electron chi connectivity index (χ3n) is 8.80. The number of hydrogen-bond acceptors (Lipinski definition) is 9. The summed E-state index contributed by atoms with van der Waals surface area (Å²) in [5, 5.41) is 25.6. The summed E-state index contributed by atoms with van der Waals surface area (Å²) in [6, 6.07) is 1.49. The highest BCUT2D eigenvalue weighted by Gasteiger charge is 2.34. The van der Waals surface area contributed by atoms with Crippen molar-refractivity contribution in [2.45, 2.75) is 123 Å². The van der Waals surface area contributed by atoms with Gasteiger partial charge < -0.3 is 42.7 Å². The Morgan fingerprint density at radius 1 is 0.679 bits per heavy atom. The van der Waals surface area contributed by atoms with E-state index < -0.39 is 83.7 Å². The molecular formula is C37H61N7O8S. The minimum absolute atomic E-state index is 0.0201. The lowest BCUT2D eigenvalue weighted by atomic mass is 9.97. The van der Waals surface area contributed by atoms with Crippen molar-refractivity contribution in [3.8, 4) is 0 Å². The number of hydrogen-bond donors (Lipinski definition) is 8. The molecule has 1 aromatic carbocycles. The van der Waals surface area contributed by atoms with Gasteiger partial charge in [0.25, 0.3) is 0 Å². The molecule has 0 heterocycles. The number of aliphatic carboxylic acids is 1. The van der Waals surface area contributed by atoms with E-state index in [0.717, 1.165) is 0 Å². The molecule has 16 heteroatoms. The molecule has 53 heavy (non-hydrogen) atoms. The Labute approximate surface area is 317 Å². The third-order valence-corrected chi connectivity index (χ3v) is 9.44. The highest BCUT2D eigenvalue weighted by molar-refractivity contribution is 7.98. The van der Waals surface area contributed by atoms with Crippen LogP contribution in [0.2, 0.25) is 0 Å². The largest absolute Gasteiger partial charge is 0.480 e. The van der Waals surface area contributed by atoms with Crippen LogP contribution in [0.4, 0.5) is 0 Å². The molecule has 0 aliphatic rings. The van der Waals surface area contributed by atoms with Crippen molar-refractivity contribution in [1.82, 2.24) is 31.9 Å². The number of rotatable bonds is 23. The van der Waals surface area contributed by atoms with E-state index in [4.69, 9.17) is 5.73 Å². The first-order chi connectivity index (χ1) is 24.8. The van der Waals surface area contributed by atoms with Crippen molar-refractivity contribution in [2.75, 3.05) is 12.0 Å². The number of thioether (sulfide) groups is 1. The number of amides is 6. The number of carboxylic acid groups (broad SMARTS) is 1. The van der Waals surface area contributed by atoms with Crippen molar-refractivity contribution < 1.29 is 38.7 Å². The van der Waals surface area contributed by atoms with Gasteiger partial charge in [-0.25, -0.2) is 4.79 Å². The first kappa shape index (κ1) is 46.8. The maximum atomic E-state index is 13.7. The smallest absolute Gasteiger partial charge is 0.326 e. The molecular weight excluding hydrogens is 703 g/mol. The number of carboxylic acids is 1. The number of nitrogens with one attached hydrogen (secondary N) is 6. The first-order valence-corrected chi connectivity index (χ1v) is 19.6. The highest BCUT2D eigenvalue weighted by atomic mass is 32.2. The molecule has 0 aliphatic carbocycles. The van der Waals surface area contributed by atoms with Gasteiger partial charge in [0.2, 0.25) is 35.4 Å². The van der Waals surface area contributed by atoms with Crippen LogP contribution in [0.1, 0.15) is 80.2 Å². The standard InChI is InChI=1S/C37H61N7O8S/c1-10-22(6)30(36(50)41-26(16-17-53-9)33(47)43-28(37(51)52)19-25-14-12-11-13-15-25)44-32(46)24(8)39-34(48)27(18-20(2)3)42-31(45)23(7)40-35(49)29(38)21(4)5/h11-15,20-24,26-30H,10,16-19,38H2,1-9H3,(H,39,48)(H,40,49)(H,41,50)(H,42,45)(H,43,47)(H,44,46)(H,51,52)/t22-,23-,24+,26-,27-,28-,29-,30-/m0/s1. The molecule has 0 saturated heterocycles. The van der Waals surface area contributed by atoms with Crippen LogP contribution in [0.3, 0.4) is 0 Å². The molecule has 0 bridgehead atoms. The van der Waals surface area contributed by atoms with E-state index in [2.05, 4.69) is 31.9 Å². The van der Waals surface area contributed by atoms with Crippen LogP contribution in [0.5, 0.6) is 0 Å². The normalized spacial score (nSPS) is 15.8. The van der Waals surface area contributed by atoms with Gasteiger partial charge >= 0.3 is 5.97 Å². The molecule has 15 nitrogen and oxygen atoms in total. The van der Waals surface area contributed by atoms with Crippen LogP contribution in [-0.4, -0.2) is 101 Å². The second-order valence-electron chi connectivity index (χ2n) is 14.2. The zero-order chi connectivity index (χ0) is 40.4. The van der Waals surface area contributed by atoms with Crippen molar-refractivity contribution >= 4 is 53.2 Å². The summed E-state index contributed by atoms with van der Waals surface area (Å²) in [5.74, 6) is -4.99. The van der Waals surface area contributed by atoms with Crippen molar-refractivity contribution in [1.29, 1.82) is 0 Å². The minimum Gasteiger partial charge on any atom is -0.480 e. The minimum atomic E-state index is -1.23. The van der Waals surface area contributed by atoms with Gasteiger partial charge in [0, 0.05) is 6.42 Å². The molecule has 0 radical (unpaired) electrons. The molecule has 0 saturated carbocycles. The second-order valence-corrected chi connectivity index (χ2v) is 15.2. The zero-order valence-corrected chi connectivity index (χ0v) is 33.3. The Hall–Kier alpha value is -4.18. The van der Waals surface area contributed by atoms with Crippen molar-refractivity contribution in [3.05, 3.63) is 35.9 Å². The zero-order valence-electron chi connectivity index (χ0n) is 32.5. The molecule has 9 N–H and O–H groups in total. The maximum Gasteiger partial charge on any atom is 0.326 e.